The Hall–Kier alpha value is -1.71. The summed E-state index contributed by atoms with van der Waals surface area (Å²) >= 11 is 0. The van der Waals surface area contributed by atoms with Crippen LogP contribution in [0.15, 0.2) is 0 Å². The number of carboxylic acids is 1. The molecule has 2 amide bonds. The van der Waals surface area contributed by atoms with Crippen molar-refractivity contribution in [1.82, 2.24) is 10.6 Å². The van der Waals surface area contributed by atoms with Crippen LogP contribution in [0.1, 0.15) is 142 Å². The summed E-state index contributed by atoms with van der Waals surface area (Å²) in [5, 5.41) is 14.4. The molecule has 0 rings (SSSR count). The first kappa shape index (κ1) is 40.3. The Kier molecular flexibility index (Phi) is 32.4. The first-order chi connectivity index (χ1) is 20.6. The predicted molar refractivity (Wildman–Crippen MR) is 169 cm³/mol. The van der Waals surface area contributed by atoms with Crippen molar-refractivity contribution in [2.24, 2.45) is 0 Å². The van der Waals surface area contributed by atoms with E-state index in [-0.39, 0.29) is 11.8 Å². The average Bonchev–Trinajstić information content (AvgIpc) is 2.98. The van der Waals surface area contributed by atoms with Gasteiger partial charge in [-0.3, -0.25) is 14.4 Å². The molecular formula is C33H64N2O7. The number of carboxylic acid groups (broad SMARTS) is 1. The van der Waals surface area contributed by atoms with Crippen LogP contribution >= 0.6 is 0 Å². The maximum atomic E-state index is 12.0. The molecule has 42 heavy (non-hydrogen) atoms. The summed E-state index contributed by atoms with van der Waals surface area (Å²) in [6.45, 7) is 6.50. The molecule has 0 atom stereocenters. The van der Waals surface area contributed by atoms with Crippen LogP contribution in [-0.4, -0.2) is 75.6 Å². The molecular weight excluding hydrogens is 536 g/mol. The predicted octanol–water partition coefficient (Wildman–Crippen LogP) is 6.57. The molecule has 0 heterocycles. The summed E-state index contributed by atoms with van der Waals surface area (Å²) in [5.41, 5.74) is 0. The van der Waals surface area contributed by atoms with Crippen molar-refractivity contribution in [1.29, 1.82) is 0 Å². The Morgan fingerprint density at radius 1 is 0.452 bits per heavy atom. The zero-order chi connectivity index (χ0) is 30.8. The molecule has 0 fully saturated rings. The lowest BCUT2D eigenvalue weighted by Gasteiger charge is -2.08. The summed E-state index contributed by atoms with van der Waals surface area (Å²) in [5.74, 6) is -0.463. The summed E-state index contributed by atoms with van der Waals surface area (Å²) in [6, 6.07) is 0. The summed E-state index contributed by atoms with van der Waals surface area (Å²) in [4.78, 5) is 33.5. The van der Waals surface area contributed by atoms with Gasteiger partial charge in [-0.15, -0.1) is 0 Å². The fourth-order valence-electron chi connectivity index (χ4n) is 4.60. The normalized spacial score (nSPS) is 11.1. The van der Waals surface area contributed by atoms with E-state index in [1.54, 1.807) is 0 Å². The number of hydrogen-bond acceptors (Lipinski definition) is 6. The minimum atomic E-state index is -0.675. The van der Waals surface area contributed by atoms with Crippen molar-refractivity contribution in [2.45, 2.75) is 142 Å². The molecule has 9 nitrogen and oxygen atoms in total. The molecule has 3 N–H and O–H groups in total. The number of unbranched alkanes of at least 4 members (excludes halogenated alkanes) is 15. The van der Waals surface area contributed by atoms with E-state index >= 15 is 0 Å². The second-order valence-electron chi connectivity index (χ2n) is 11.1. The van der Waals surface area contributed by atoms with Gasteiger partial charge in [-0.25, -0.2) is 0 Å². The van der Waals surface area contributed by atoms with Crippen LogP contribution in [0.3, 0.4) is 0 Å². The molecule has 0 aliphatic heterocycles. The molecule has 0 spiro atoms. The lowest BCUT2D eigenvalue weighted by Crippen LogP contribution is -2.25. The van der Waals surface area contributed by atoms with Crippen molar-refractivity contribution in [3.63, 3.8) is 0 Å². The van der Waals surface area contributed by atoms with Gasteiger partial charge in [-0.1, -0.05) is 96.8 Å². The lowest BCUT2D eigenvalue weighted by atomic mass is 10.0. The van der Waals surface area contributed by atoms with E-state index in [1.165, 1.54) is 77.0 Å². The van der Waals surface area contributed by atoms with E-state index < -0.39 is 5.97 Å². The van der Waals surface area contributed by atoms with E-state index in [1.807, 2.05) is 6.92 Å². The van der Waals surface area contributed by atoms with Crippen LogP contribution in [0.4, 0.5) is 0 Å². The third kappa shape index (κ3) is 34.5. The smallest absolute Gasteiger partial charge is 0.303 e. The zero-order valence-corrected chi connectivity index (χ0v) is 26.9. The van der Waals surface area contributed by atoms with Crippen LogP contribution in [0.25, 0.3) is 0 Å². The standard InChI is InChI=1S/C33H64N2O7/c1-2-31(36)34-23-19-25-40-27-29-42-30-28-41-26-20-24-35-32(37)21-17-15-13-11-9-7-5-3-4-6-8-10-12-14-16-18-22-33(38)39/h2-30H2,1H3,(H,34,36)(H,35,37)(H,38,39). The monoisotopic (exact) mass is 600 g/mol. The van der Waals surface area contributed by atoms with Crippen LogP contribution < -0.4 is 10.6 Å². The number of carbonyl (C=O) groups excluding carboxylic acids is 2. The van der Waals surface area contributed by atoms with Gasteiger partial charge in [0.15, 0.2) is 0 Å². The highest BCUT2D eigenvalue weighted by molar-refractivity contribution is 5.75. The number of nitrogens with one attached hydrogen (secondary N) is 2. The largest absolute Gasteiger partial charge is 0.481 e. The van der Waals surface area contributed by atoms with Crippen molar-refractivity contribution < 1.29 is 33.7 Å². The molecule has 248 valence electrons. The van der Waals surface area contributed by atoms with Crippen LogP contribution in [0.2, 0.25) is 0 Å². The maximum absolute atomic E-state index is 12.0. The molecule has 0 bridgehead atoms. The van der Waals surface area contributed by atoms with Gasteiger partial charge in [-0.2, -0.15) is 0 Å². The van der Waals surface area contributed by atoms with Gasteiger partial charge in [0.1, 0.15) is 0 Å². The minimum Gasteiger partial charge on any atom is -0.481 e. The molecule has 9 heteroatoms. The van der Waals surface area contributed by atoms with Crippen LogP contribution in [0.5, 0.6) is 0 Å². The fourth-order valence-corrected chi connectivity index (χ4v) is 4.60. The van der Waals surface area contributed by atoms with E-state index in [0.29, 0.717) is 72.0 Å². The topological polar surface area (TPSA) is 123 Å². The van der Waals surface area contributed by atoms with Crippen molar-refractivity contribution in [3.8, 4) is 0 Å². The van der Waals surface area contributed by atoms with Gasteiger partial charge in [0.25, 0.3) is 0 Å². The number of hydrogen-bond donors (Lipinski definition) is 3. The summed E-state index contributed by atoms with van der Waals surface area (Å²) in [7, 11) is 0. The van der Waals surface area contributed by atoms with E-state index in [9.17, 15) is 14.4 Å². The van der Waals surface area contributed by atoms with E-state index in [0.717, 1.165) is 38.5 Å². The maximum Gasteiger partial charge on any atom is 0.303 e. The Labute approximate surface area is 256 Å². The first-order valence-corrected chi connectivity index (χ1v) is 17.0. The second kappa shape index (κ2) is 33.8. The van der Waals surface area contributed by atoms with Crippen LogP contribution in [-0.2, 0) is 28.6 Å². The molecule has 0 unspecified atom stereocenters. The van der Waals surface area contributed by atoms with E-state index in [2.05, 4.69) is 10.6 Å². The number of ether oxygens (including phenoxy) is 3. The summed E-state index contributed by atoms with van der Waals surface area (Å²) in [6.07, 6.45) is 22.6. The Morgan fingerprint density at radius 3 is 1.17 bits per heavy atom. The zero-order valence-electron chi connectivity index (χ0n) is 26.9. The molecule has 0 aromatic carbocycles. The van der Waals surface area contributed by atoms with Crippen molar-refractivity contribution >= 4 is 17.8 Å². The third-order valence-corrected chi connectivity index (χ3v) is 7.18. The number of amides is 2. The number of aliphatic carboxylic acids is 1. The van der Waals surface area contributed by atoms with E-state index in [4.69, 9.17) is 19.3 Å². The SMILES string of the molecule is CCC(=O)NCCCOCCOCCOCCCNC(=O)CCCCCCCCCCCCCCCCCCC(=O)O. The number of carbonyl (C=O) groups is 3. The minimum absolute atomic E-state index is 0.0686. The first-order valence-electron chi connectivity index (χ1n) is 17.0. The van der Waals surface area contributed by atoms with Gasteiger partial charge in [0, 0.05) is 45.6 Å². The highest BCUT2D eigenvalue weighted by Gasteiger charge is 2.01. The van der Waals surface area contributed by atoms with Gasteiger partial charge >= 0.3 is 5.97 Å². The summed E-state index contributed by atoms with van der Waals surface area (Å²) < 4.78 is 16.5. The van der Waals surface area contributed by atoms with Gasteiger partial charge in [-0.05, 0) is 25.7 Å². The molecule has 0 aromatic heterocycles. The van der Waals surface area contributed by atoms with Gasteiger partial charge in [0.05, 0.1) is 26.4 Å². The molecule has 0 radical (unpaired) electrons. The average molecular weight is 601 g/mol. The second-order valence-corrected chi connectivity index (χ2v) is 11.1. The van der Waals surface area contributed by atoms with Crippen molar-refractivity contribution in [3.05, 3.63) is 0 Å². The highest BCUT2D eigenvalue weighted by atomic mass is 16.5. The highest BCUT2D eigenvalue weighted by Crippen LogP contribution is 2.14. The lowest BCUT2D eigenvalue weighted by molar-refractivity contribution is -0.137. The van der Waals surface area contributed by atoms with Gasteiger partial charge in [0.2, 0.25) is 11.8 Å². The molecule has 0 saturated carbocycles. The molecule has 0 saturated heterocycles. The Balaban J connectivity index is 3.17. The molecule has 0 aliphatic carbocycles. The fraction of sp³-hybridized carbons (Fsp3) is 0.909. The third-order valence-electron chi connectivity index (χ3n) is 7.18. The Bertz CT molecular complexity index is 619. The Morgan fingerprint density at radius 2 is 0.786 bits per heavy atom. The van der Waals surface area contributed by atoms with Gasteiger partial charge < -0.3 is 30.0 Å². The quantitative estimate of drug-likeness (QED) is 0.0714. The molecule has 0 aromatic rings. The molecule has 0 aliphatic rings. The van der Waals surface area contributed by atoms with Crippen molar-refractivity contribution in [2.75, 3.05) is 52.7 Å². The number of rotatable bonds is 34. The van der Waals surface area contributed by atoms with Crippen LogP contribution in [0, 0.1) is 0 Å².